The minimum absolute atomic E-state index is 0.299. The summed E-state index contributed by atoms with van der Waals surface area (Å²) in [7, 11) is -3.64. The third kappa shape index (κ3) is 3.06. The first-order valence-electron chi connectivity index (χ1n) is 8.76. The topological polar surface area (TPSA) is 51.5 Å². The van der Waals surface area contributed by atoms with Gasteiger partial charge in [-0.15, -0.1) is 0 Å². The van der Waals surface area contributed by atoms with Gasteiger partial charge in [-0.1, -0.05) is 29.8 Å². The van der Waals surface area contributed by atoms with Crippen molar-refractivity contribution in [3.8, 4) is 0 Å². The van der Waals surface area contributed by atoms with Crippen molar-refractivity contribution in [1.82, 2.24) is 0 Å². The summed E-state index contributed by atoms with van der Waals surface area (Å²) in [5.41, 5.74) is 1.63. The van der Waals surface area contributed by atoms with E-state index in [1.165, 1.54) is 6.42 Å². The van der Waals surface area contributed by atoms with Crippen LogP contribution in [0.2, 0.25) is 5.02 Å². The van der Waals surface area contributed by atoms with E-state index in [2.05, 4.69) is 9.88 Å². The zero-order valence-electron chi connectivity index (χ0n) is 14.3. The smallest absolute Gasteiger partial charge is 0.214 e. The van der Waals surface area contributed by atoms with Crippen LogP contribution in [-0.4, -0.2) is 21.5 Å². The first kappa shape index (κ1) is 17.3. The zero-order chi connectivity index (χ0) is 18.1. The number of nitrogens with zero attached hydrogens (tertiary/aromatic N) is 1. The Balaban J connectivity index is 2.00. The van der Waals surface area contributed by atoms with Gasteiger partial charge in [0, 0.05) is 24.2 Å². The van der Waals surface area contributed by atoms with Crippen molar-refractivity contribution in [2.24, 2.45) is 0 Å². The highest BCUT2D eigenvalue weighted by molar-refractivity contribution is 7.91. The van der Waals surface area contributed by atoms with Crippen LogP contribution in [0.5, 0.6) is 0 Å². The summed E-state index contributed by atoms with van der Waals surface area (Å²) in [6.45, 7) is 1.70. The molecule has 2 aromatic carbocycles. The lowest BCUT2D eigenvalue weighted by molar-refractivity contribution is -0.347. The normalized spacial score (nSPS) is 15.3. The summed E-state index contributed by atoms with van der Waals surface area (Å²) in [5, 5.41) is 1.44. The number of hydrogen-bond acceptors (Lipinski definition) is 3. The van der Waals surface area contributed by atoms with Crippen molar-refractivity contribution < 1.29 is 13.4 Å². The number of fused-ring (bicyclic) bond motifs is 1. The molecule has 0 unspecified atom stereocenters. The van der Waals surface area contributed by atoms with Crippen molar-refractivity contribution in [3.05, 3.63) is 59.8 Å². The molecular weight excluding hydrogens is 368 g/mol. The molecule has 0 atom stereocenters. The summed E-state index contributed by atoms with van der Waals surface area (Å²) in [6.07, 6.45) is 4.91. The van der Waals surface area contributed by atoms with Crippen molar-refractivity contribution in [3.63, 3.8) is 0 Å². The summed E-state index contributed by atoms with van der Waals surface area (Å²) < 4.78 is 26.7. The Morgan fingerprint density at radius 2 is 1.69 bits per heavy atom. The first-order chi connectivity index (χ1) is 12.6. The highest BCUT2D eigenvalue weighted by Crippen LogP contribution is 2.36. The predicted octanol–water partition coefficient (Wildman–Crippen LogP) is 4.13. The molecule has 6 heteroatoms. The van der Waals surface area contributed by atoms with Crippen molar-refractivity contribution >= 4 is 38.0 Å². The van der Waals surface area contributed by atoms with E-state index in [-0.39, 0.29) is 0 Å². The fraction of sp³-hybridized carbons (Fsp3) is 0.250. The third-order valence-corrected chi connectivity index (χ3v) is 6.86. The largest absolute Gasteiger partial charge is 0.370 e. The van der Waals surface area contributed by atoms with E-state index in [0.717, 1.165) is 42.5 Å². The number of hydrogen-bond donors (Lipinski definition) is 0. The summed E-state index contributed by atoms with van der Waals surface area (Å²) >= 11 is 6.23. The average Bonchev–Trinajstić information content (AvgIpc) is 2.68. The molecule has 1 aliphatic rings. The number of H-pyrrole nitrogens is 1. The van der Waals surface area contributed by atoms with Gasteiger partial charge in [0.1, 0.15) is 0 Å². The van der Waals surface area contributed by atoms with Gasteiger partial charge in [-0.3, -0.25) is 0 Å². The quantitative estimate of drug-likeness (QED) is 0.678. The second-order valence-corrected chi connectivity index (χ2v) is 8.91. The van der Waals surface area contributed by atoms with Gasteiger partial charge in [0.05, 0.1) is 16.0 Å². The molecule has 2 heterocycles. The molecule has 4 rings (SSSR count). The summed E-state index contributed by atoms with van der Waals surface area (Å²) in [4.78, 5) is 5.93. The lowest BCUT2D eigenvalue weighted by atomic mass is 10.1. The standard InChI is InChI=1S/C20H19ClN2O2S/c21-15-9-10-18-17(13-15)20(23-11-5-2-6-12-23)19(14-22-18)26(24,25)16-7-3-1-4-8-16/h1,3-4,7-10,13-14H,2,5-6,11-12H2/p+1. The number of rotatable bonds is 3. The lowest BCUT2D eigenvalue weighted by Gasteiger charge is -2.30. The molecule has 1 fully saturated rings. The Hall–Kier alpha value is -2.11. The number of anilines is 1. The maximum atomic E-state index is 13.3. The number of benzene rings is 2. The number of halogens is 1. The molecule has 1 aliphatic heterocycles. The van der Waals surface area contributed by atoms with Gasteiger partial charge in [0.15, 0.2) is 11.1 Å². The van der Waals surface area contributed by atoms with Gasteiger partial charge < -0.3 is 4.90 Å². The van der Waals surface area contributed by atoms with E-state index in [1.54, 1.807) is 30.5 Å². The monoisotopic (exact) mass is 387 g/mol. The Morgan fingerprint density at radius 1 is 0.962 bits per heavy atom. The van der Waals surface area contributed by atoms with Crippen molar-refractivity contribution in [2.75, 3.05) is 18.0 Å². The molecule has 0 radical (unpaired) electrons. The maximum absolute atomic E-state index is 13.3. The van der Waals surface area contributed by atoms with E-state index < -0.39 is 9.84 Å². The minimum Gasteiger partial charge on any atom is -0.370 e. The summed E-state index contributed by atoms with van der Waals surface area (Å²) in [5.74, 6) is 0. The average molecular weight is 388 g/mol. The fourth-order valence-corrected chi connectivity index (χ4v) is 5.21. The molecule has 1 aromatic heterocycles. The molecule has 4 nitrogen and oxygen atoms in total. The Bertz CT molecular complexity index is 1050. The molecule has 0 saturated carbocycles. The Kier molecular flexibility index (Phi) is 4.59. The Morgan fingerprint density at radius 3 is 2.42 bits per heavy atom. The molecule has 0 bridgehead atoms. The van der Waals surface area contributed by atoms with E-state index in [1.807, 2.05) is 24.3 Å². The highest BCUT2D eigenvalue weighted by Gasteiger charge is 2.29. The van der Waals surface area contributed by atoms with E-state index in [0.29, 0.717) is 14.8 Å². The van der Waals surface area contributed by atoms with Crippen LogP contribution in [-0.2, 0) is 9.84 Å². The van der Waals surface area contributed by atoms with Crippen LogP contribution < -0.4 is 9.88 Å². The molecular formula is C20H20ClN2O2S+. The lowest BCUT2D eigenvalue weighted by Crippen LogP contribution is -2.31. The van der Waals surface area contributed by atoms with Gasteiger partial charge in [-0.25, -0.2) is 13.4 Å². The molecule has 26 heavy (non-hydrogen) atoms. The number of aromatic amines is 1. The fourth-order valence-electron chi connectivity index (χ4n) is 3.56. The van der Waals surface area contributed by atoms with E-state index in [9.17, 15) is 8.42 Å². The SMILES string of the molecule is O=S(=O)(c1ccccc1)c1c[nH+]c2ccc(Cl)cc2c1N1CCCCC1. The molecule has 0 aliphatic carbocycles. The third-order valence-electron chi connectivity index (χ3n) is 4.84. The van der Waals surface area contributed by atoms with Crippen LogP contribution in [0, 0.1) is 0 Å². The highest BCUT2D eigenvalue weighted by atomic mass is 35.5. The number of sulfone groups is 1. The van der Waals surface area contributed by atoms with Crippen LogP contribution in [0.1, 0.15) is 19.3 Å². The molecule has 3 aromatic rings. The van der Waals surface area contributed by atoms with Gasteiger partial charge >= 0.3 is 0 Å². The van der Waals surface area contributed by atoms with Gasteiger partial charge in [0.2, 0.25) is 15.4 Å². The number of pyridine rings is 1. The van der Waals surface area contributed by atoms with Crippen LogP contribution in [0.15, 0.2) is 64.5 Å². The molecule has 1 saturated heterocycles. The Labute approximate surface area is 158 Å². The maximum Gasteiger partial charge on any atom is 0.214 e. The van der Waals surface area contributed by atoms with Crippen LogP contribution >= 0.6 is 11.6 Å². The van der Waals surface area contributed by atoms with Crippen molar-refractivity contribution in [2.45, 2.75) is 29.1 Å². The van der Waals surface area contributed by atoms with E-state index >= 15 is 0 Å². The van der Waals surface area contributed by atoms with Crippen LogP contribution in [0.3, 0.4) is 0 Å². The second-order valence-electron chi connectivity index (χ2n) is 6.56. The molecule has 0 amide bonds. The van der Waals surface area contributed by atoms with Crippen LogP contribution in [0.25, 0.3) is 10.9 Å². The number of piperidine rings is 1. The first-order valence-corrected chi connectivity index (χ1v) is 10.6. The molecule has 0 spiro atoms. The van der Waals surface area contributed by atoms with Crippen molar-refractivity contribution in [1.29, 1.82) is 0 Å². The summed E-state index contributed by atoms with van der Waals surface area (Å²) in [6, 6.07) is 14.1. The molecule has 1 N–H and O–H groups in total. The number of aromatic nitrogens is 1. The van der Waals surface area contributed by atoms with E-state index in [4.69, 9.17) is 11.6 Å². The second kappa shape index (κ2) is 6.89. The zero-order valence-corrected chi connectivity index (χ0v) is 15.9. The molecule has 134 valence electrons. The van der Waals surface area contributed by atoms with Gasteiger partial charge in [0.25, 0.3) is 0 Å². The van der Waals surface area contributed by atoms with Crippen LogP contribution in [0.4, 0.5) is 5.69 Å². The minimum atomic E-state index is -3.64. The predicted molar refractivity (Wildman–Crippen MR) is 103 cm³/mol. The number of nitrogens with one attached hydrogen (secondary N) is 1. The van der Waals surface area contributed by atoms with Gasteiger partial charge in [-0.05, 0) is 43.5 Å². The van der Waals surface area contributed by atoms with Gasteiger partial charge in [-0.2, -0.15) is 0 Å².